The van der Waals surface area contributed by atoms with Crippen molar-refractivity contribution in [2.45, 2.75) is 77.3 Å². The quantitative estimate of drug-likeness (QED) is 0.159. The molecule has 2 aromatic rings. The topological polar surface area (TPSA) is 161 Å². The molecule has 0 radical (unpaired) electrons. The summed E-state index contributed by atoms with van der Waals surface area (Å²) in [4.78, 5) is 64.7. The number of carbonyl (C=O) groups excluding carboxylic acids is 5. The van der Waals surface area contributed by atoms with Gasteiger partial charge in [0.05, 0.1) is 18.8 Å². The van der Waals surface area contributed by atoms with E-state index in [0.29, 0.717) is 13.0 Å². The van der Waals surface area contributed by atoms with Crippen LogP contribution >= 0.6 is 0 Å². The molecule has 4 amide bonds. The summed E-state index contributed by atoms with van der Waals surface area (Å²) in [6.07, 6.45) is 2.85. The van der Waals surface area contributed by atoms with Gasteiger partial charge in [-0.2, -0.15) is 0 Å². The predicted molar refractivity (Wildman–Crippen MR) is 175 cm³/mol. The molecule has 0 spiro atoms. The molecule has 1 aliphatic rings. The Morgan fingerprint density at radius 1 is 0.894 bits per heavy atom. The average Bonchev–Trinajstić information content (AvgIpc) is 3.44. The zero-order valence-corrected chi connectivity index (χ0v) is 27.5. The van der Waals surface area contributed by atoms with E-state index in [-0.39, 0.29) is 44.5 Å². The summed E-state index contributed by atoms with van der Waals surface area (Å²) >= 11 is 0. The molecular weight excluding hydrogens is 604 g/mol. The first-order valence-corrected chi connectivity index (χ1v) is 15.8. The highest BCUT2D eigenvalue weighted by Gasteiger charge is 2.32. The molecule has 0 aromatic heterocycles. The fraction of sp³-hybridized carbons (Fsp3) is 0.457. The Morgan fingerprint density at radius 2 is 1.53 bits per heavy atom. The van der Waals surface area contributed by atoms with Crippen LogP contribution in [0.25, 0.3) is 0 Å². The highest BCUT2D eigenvalue weighted by atomic mass is 16.6. The number of carbonyl (C=O) groups is 5. The lowest BCUT2D eigenvalue weighted by molar-refractivity contribution is -0.137. The Bertz CT molecular complexity index is 1360. The van der Waals surface area contributed by atoms with E-state index in [0.717, 1.165) is 11.1 Å². The van der Waals surface area contributed by atoms with Crippen LogP contribution in [0.3, 0.4) is 0 Å². The van der Waals surface area contributed by atoms with Gasteiger partial charge in [0.15, 0.2) is 0 Å². The van der Waals surface area contributed by atoms with Crippen LogP contribution in [0.15, 0.2) is 72.8 Å². The highest BCUT2D eigenvalue weighted by Crippen LogP contribution is 2.17. The molecule has 4 atom stereocenters. The zero-order chi connectivity index (χ0) is 34.2. The van der Waals surface area contributed by atoms with Crippen LogP contribution in [-0.4, -0.2) is 73.3 Å². The summed E-state index contributed by atoms with van der Waals surface area (Å²) in [7, 11) is 0. The van der Waals surface area contributed by atoms with Gasteiger partial charge in [0.2, 0.25) is 17.7 Å². The molecule has 0 saturated carbocycles. The van der Waals surface area contributed by atoms with E-state index in [9.17, 15) is 24.0 Å². The minimum Gasteiger partial charge on any atom is -0.463 e. The number of benzene rings is 2. The average molecular weight is 651 g/mol. The maximum absolute atomic E-state index is 13.8. The van der Waals surface area contributed by atoms with E-state index in [2.05, 4.69) is 21.3 Å². The van der Waals surface area contributed by atoms with Crippen molar-refractivity contribution in [1.29, 1.82) is 0 Å². The second-order valence-corrected chi connectivity index (χ2v) is 12.2. The third-order valence-corrected chi connectivity index (χ3v) is 7.20. The van der Waals surface area contributed by atoms with Gasteiger partial charge < -0.3 is 35.5 Å². The van der Waals surface area contributed by atoms with Gasteiger partial charge in [-0.3, -0.25) is 14.4 Å². The van der Waals surface area contributed by atoms with Crippen molar-refractivity contribution >= 4 is 29.8 Å². The van der Waals surface area contributed by atoms with Gasteiger partial charge >= 0.3 is 12.1 Å². The van der Waals surface area contributed by atoms with E-state index in [1.807, 2.05) is 69.3 Å². The summed E-state index contributed by atoms with van der Waals surface area (Å²) in [5.41, 5.74) is 0.926. The molecule has 0 unspecified atom stereocenters. The Balaban J connectivity index is 1.79. The summed E-state index contributed by atoms with van der Waals surface area (Å²) in [6.45, 7) is 7.66. The molecule has 12 nitrogen and oxygen atoms in total. The molecule has 0 bridgehead atoms. The number of rotatable bonds is 16. The first-order valence-electron chi connectivity index (χ1n) is 15.8. The first-order chi connectivity index (χ1) is 22.4. The van der Waals surface area contributed by atoms with Crippen molar-refractivity contribution in [2.75, 3.05) is 19.8 Å². The Hall–Kier alpha value is -4.71. The minimum atomic E-state index is -1.19. The van der Waals surface area contributed by atoms with Gasteiger partial charge in [-0.15, -0.1) is 0 Å². The van der Waals surface area contributed by atoms with Gasteiger partial charge in [-0.25, -0.2) is 9.59 Å². The van der Waals surface area contributed by atoms with E-state index in [1.165, 1.54) is 12.2 Å². The van der Waals surface area contributed by atoms with Gasteiger partial charge in [0, 0.05) is 31.0 Å². The summed E-state index contributed by atoms with van der Waals surface area (Å²) in [5.74, 6) is -2.27. The largest absolute Gasteiger partial charge is 0.463 e. The van der Waals surface area contributed by atoms with E-state index in [1.54, 1.807) is 19.1 Å². The molecule has 1 fully saturated rings. The molecule has 1 saturated heterocycles. The Kier molecular flexibility index (Phi) is 14.4. The van der Waals surface area contributed by atoms with Crippen molar-refractivity contribution in [3.8, 4) is 0 Å². The lowest BCUT2D eigenvalue weighted by Gasteiger charge is -2.27. The summed E-state index contributed by atoms with van der Waals surface area (Å²) in [6, 6.07) is 15.3. The zero-order valence-electron chi connectivity index (χ0n) is 27.5. The SMILES string of the molecule is CCOC(=O)C=C[C@H](C[C@@H]1CCNC1=O)NC(=O)[C@H](Cc1ccccc1)NC(=O)[C@H](COC(C)(C)C)NC(=O)OCc1ccccc1. The molecule has 47 heavy (non-hydrogen) atoms. The van der Waals surface area contributed by atoms with Crippen LogP contribution in [0.4, 0.5) is 4.79 Å². The maximum atomic E-state index is 13.8. The molecule has 2 aromatic carbocycles. The monoisotopic (exact) mass is 650 g/mol. The van der Waals surface area contributed by atoms with E-state index < -0.39 is 47.6 Å². The highest BCUT2D eigenvalue weighted by molar-refractivity contribution is 5.92. The Labute approximate surface area is 276 Å². The number of ether oxygens (including phenoxy) is 3. The standard InChI is InChI=1S/C35H46N4O8/c1-5-45-30(40)17-16-27(21-26-18-19-36-31(26)41)37-32(42)28(20-24-12-8-6-9-13-24)38-33(43)29(23-47-35(2,3)4)39-34(44)46-22-25-14-10-7-11-15-25/h6-17,26-29H,5,18-23H2,1-4H3,(H,36,41)(H,37,42)(H,38,43)(H,39,44)/t26-,27+,28-,29-/m0/s1. The number of nitrogens with one attached hydrogen (secondary N) is 4. The second-order valence-electron chi connectivity index (χ2n) is 12.2. The van der Waals surface area contributed by atoms with Gasteiger partial charge in [0.1, 0.15) is 18.7 Å². The van der Waals surface area contributed by atoms with E-state index >= 15 is 0 Å². The smallest absolute Gasteiger partial charge is 0.408 e. The maximum Gasteiger partial charge on any atom is 0.408 e. The van der Waals surface area contributed by atoms with Crippen LogP contribution in [0, 0.1) is 5.92 Å². The summed E-state index contributed by atoms with van der Waals surface area (Å²) in [5, 5.41) is 11.0. The Morgan fingerprint density at radius 3 is 2.13 bits per heavy atom. The lowest BCUT2D eigenvalue weighted by atomic mass is 9.97. The van der Waals surface area contributed by atoms with Crippen LogP contribution in [-0.2, 0) is 46.4 Å². The van der Waals surface area contributed by atoms with Crippen LogP contribution in [0.1, 0.15) is 51.7 Å². The normalized spacial score (nSPS) is 16.4. The molecule has 4 N–H and O–H groups in total. The van der Waals surface area contributed by atoms with Crippen LogP contribution < -0.4 is 21.3 Å². The van der Waals surface area contributed by atoms with E-state index in [4.69, 9.17) is 14.2 Å². The first kappa shape index (κ1) is 36.8. The van der Waals surface area contributed by atoms with Crippen molar-refractivity contribution in [2.24, 2.45) is 5.92 Å². The third kappa shape index (κ3) is 13.7. The van der Waals surface area contributed by atoms with Crippen LogP contribution in [0.5, 0.6) is 0 Å². The molecule has 254 valence electrons. The van der Waals surface area contributed by atoms with Crippen LogP contribution in [0.2, 0.25) is 0 Å². The fourth-order valence-electron chi connectivity index (χ4n) is 4.79. The molecular formula is C35H46N4O8. The molecule has 12 heteroatoms. The van der Waals surface area contributed by atoms with Gasteiger partial charge in [0.25, 0.3) is 0 Å². The molecule has 0 aliphatic carbocycles. The van der Waals surface area contributed by atoms with Crippen molar-refractivity contribution in [3.63, 3.8) is 0 Å². The molecule has 3 rings (SSSR count). The molecule has 1 heterocycles. The number of amides is 4. The van der Waals surface area contributed by atoms with Gasteiger partial charge in [-0.05, 0) is 51.7 Å². The van der Waals surface area contributed by atoms with Crippen molar-refractivity contribution in [3.05, 3.63) is 83.9 Å². The van der Waals surface area contributed by atoms with Crippen molar-refractivity contribution < 1.29 is 38.2 Å². The number of alkyl carbamates (subject to hydrolysis) is 1. The molecule has 1 aliphatic heterocycles. The minimum absolute atomic E-state index is 0.0000987. The third-order valence-electron chi connectivity index (χ3n) is 7.20. The second kappa shape index (κ2) is 18.4. The van der Waals surface area contributed by atoms with Gasteiger partial charge in [-0.1, -0.05) is 66.7 Å². The number of hydrogen-bond donors (Lipinski definition) is 4. The summed E-state index contributed by atoms with van der Waals surface area (Å²) < 4.78 is 16.2. The number of hydrogen-bond acceptors (Lipinski definition) is 8. The lowest BCUT2D eigenvalue weighted by Crippen LogP contribution is -2.57. The number of esters is 1. The fourth-order valence-corrected chi connectivity index (χ4v) is 4.79. The van der Waals surface area contributed by atoms with Crippen molar-refractivity contribution in [1.82, 2.24) is 21.3 Å². The predicted octanol–water partition coefficient (Wildman–Crippen LogP) is 2.95.